The molecule has 0 N–H and O–H groups in total. The van der Waals surface area contributed by atoms with Crippen molar-refractivity contribution in [1.82, 2.24) is 14.7 Å². The molecule has 0 saturated heterocycles. The monoisotopic (exact) mass is 236 g/mol. The molecular formula is C10H10N3O4-. The lowest BCUT2D eigenvalue weighted by Gasteiger charge is -2.10. The maximum atomic E-state index is 12.1. The predicted molar refractivity (Wildman–Crippen MR) is 55.2 cm³/mol. The first-order chi connectivity index (χ1) is 8.04. The summed E-state index contributed by atoms with van der Waals surface area (Å²) < 4.78 is 5.97. The summed E-state index contributed by atoms with van der Waals surface area (Å²) in [6, 6.07) is 0. The van der Waals surface area contributed by atoms with Crippen LogP contribution in [0, 0.1) is 6.92 Å². The standard InChI is InChI=1S/C10H11N3O4/c1-3-6-11-9-8(5(2)12-17-9)10(16)13(6)4-7(14)15/h3-4H2,1-2H3,(H,14,15)/p-1. The maximum Gasteiger partial charge on any atom is 0.267 e. The molecule has 0 saturated carbocycles. The fraction of sp³-hybridized carbons (Fsp3) is 0.400. The number of carbonyl (C=O) groups is 1. The van der Waals surface area contributed by atoms with Crippen molar-refractivity contribution >= 4 is 17.1 Å². The molecule has 0 aliphatic rings. The van der Waals surface area contributed by atoms with Crippen molar-refractivity contribution in [2.75, 3.05) is 0 Å². The number of hydrogen-bond acceptors (Lipinski definition) is 6. The van der Waals surface area contributed by atoms with Gasteiger partial charge in [0.2, 0.25) is 0 Å². The van der Waals surface area contributed by atoms with E-state index >= 15 is 0 Å². The Hall–Kier alpha value is -2.18. The van der Waals surface area contributed by atoms with Gasteiger partial charge in [0.05, 0.1) is 18.2 Å². The molecule has 0 aromatic carbocycles. The van der Waals surface area contributed by atoms with Crippen LogP contribution in [0.1, 0.15) is 18.4 Å². The van der Waals surface area contributed by atoms with E-state index in [0.29, 0.717) is 17.9 Å². The first-order valence-electron chi connectivity index (χ1n) is 5.10. The second-order valence-corrected chi connectivity index (χ2v) is 3.59. The minimum Gasteiger partial charge on any atom is -0.548 e. The first kappa shape index (κ1) is 11.3. The summed E-state index contributed by atoms with van der Waals surface area (Å²) in [5.41, 5.74) is 0.0704. The number of aryl methyl sites for hydroxylation is 2. The average molecular weight is 236 g/mol. The summed E-state index contributed by atoms with van der Waals surface area (Å²) in [4.78, 5) is 26.7. The van der Waals surface area contributed by atoms with Gasteiger partial charge >= 0.3 is 0 Å². The molecule has 2 rings (SSSR count). The van der Waals surface area contributed by atoms with Gasteiger partial charge in [0.25, 0.3) is 11.3 Å². The number of carboxylic acids is 1. The number of rotatable bonds is 3. The number of fused-ring (bicyclic) bond motifs is 1. The normalized spacial score (nSPS) is 10.9. The molecule has 0 radical (unpaired) electrons. The van der Waals surface area contributed by atoms with Gasteiger partial charge in [-0.2, -0.15) is 4.98 Å². The van der Waals surface area contributed by atoms with Gasteiger partial charge in [0, 0.05) is 6.42 Å². The molecule has 0 aliphatic heterocycles. The third-order valence-electron chi connectivity index (χ3n) is 2.45. The Labute approximate surface area is 95.7 Å². The summed E-state index contributed by atoms with van der Waals surface area (Å²) in [5, 5.41) is 14.5. The van der Waals surface area contributed by atoms with Crippen molar-refractivity contribution < 1.29 is 14.4 Å². The van der Waals surface area contributed by atoms with Crippen molar-refractivity contribution in [3.63, 3.8) is 0 Å². The van der Waals surface area contributed by atoms with Gasteiger partial charge in [-0.15, -0.1) is 0 Å². The Morgan fingerprint density at radius 1 is 1.53 bits per heavy atom. The Morgan fingerprint density at radius 3 is 2.82 bits per heavy atom. The van der Waals surface area contributed by atoms with Crippen LogP contribution in [0.25, 0.3) is 11.1 Å². The highest BCUT2D eigenvalue weighted by Crippen LogP contribution is 2.12. The summed E-state index contributed by atoms with van der Waals surface area (Å²) in [7, 11) is 0. The molecule has 7 heteroatoms. The van der Waals surface area contributed by atoms with Crippen LogP contribution in [0.2, 0.25) is 0 Å². The lowest BCUT2D eigenvalue weighted by Crippen LogP contribution is -2.35. The van der Waals surface area contributed by atoms with E-state index in [4.69, 9.17) is 4.52 Å². The lowest BCUT2D eigenvalue weighted by molar-refractivity contribution is -0.306. The van der Waals surface area contributed by atoms with Crippen LogP contribution in [-0.4, -0.2) is 20.7 Å². The minimum absolute atomic E-state index is 0.138. The Kier molecular flexibility index (Phi) is 2.66. The first-order valence-corrected chi connectivity index (χ1v) is 5.10. The molecule has 7 nitrogen and oxygen atoms in total. The molecule has 0 bridgehead atoms. The van der Waals surface area contributed by atoms with Gasteiger partial charge in [0.1, 0.15) is 11.2 Å². The van der Waals surface area contributed by atoms with Crippen LogP contribution in [0.5, 0.6) is 0 Å². The van der Waals surface area contributed by atoms with Crippen LogP contribution in [-0.2, 0) is 17.8 Å². The SMILES string of the molecule is CCc1nc2onc(C)c2c(=O)n1CC(=O)[O-]. The van der Waals surface area contributed by atoms with E-state index < -0.39 is 18.1 Å². The van der Waals surface area contributed by atoms with Gasteiger partial charge in [-0.05, 0) is 6.92 Å². The molecule has 0 spiro atoms. The van der Waals surface area contributed by atoms with Crippen LogP contribution in [0.15, 0.2) is 9.32 Å². The van der Waals surface area contributed by atoms with E-state index in [1.54, 1.807) is 13.8 Å². The van der Waals surface area contributed by atoms with Crippen LogP contribution in [0.3, 0.4) is 0 Å². The molecule has 2 heterocycles. The molecule has 0 amide bonds. The molecule has 90 valence electrons. The van der Waals surface area contributed by atoms with E-state index in [1.807, 2.05) is 0 Å². The summed E-state index contributed by atoms with van der Waals surface area (Å²) in [6.07, 6.45) is 0.415. The molecule has 0 unspecified atom stereocenters. The number of carbonyl (C=O) groups excluding carboxylic acids is 1. The topological polar surface area (TPSA) is 101 Å². The number of nitrogens with zero attached hydrogens (tertiary/aromatic N) is 3. The highest BCUT2D eigenvalue weighted by atomic mass is 16.5. The van der Waals surface area contributed by atoms with Crippen LogP contribution < -0.4 is 10.7 Å². The Bertz CT molecular complexity index is 641. The Balaban J connectivity index is 2.79. The molecule has 2 aromatic rings. The van der Waals surface area contributed by atoms with E-state index in [2.05, 4.69) is 10.1 Å². The predicted octanol–water partition coefficient (Wildman–Crippen LogP) is -0.995. The third-order valence-corrected chi connectivity index (χ3v) is 2.45. The molecule has 0 fully saturated rings. The van der Waals surface area contributed by atoms with E-state index in [0.717, 1.165) is 4.57 Å². The quantitative estimate of drug-likeness (QED) is 0.677. The van der Waals surface area contributed by atoms with Gasteiger partial charge in [-0.25, -0.2) is 0 Å². The van der Waals surface area contributed by atoms with Gasteiger partial charge in [0.15, 0.2) is 0 Å². The molecule has 17 heavy (non-hydrogen) atoms. The van der Waals surface area contributed by atoms with Crippen LogP contribution in [0.4, 0.5) is 0 Å². The molecule has 0 atom stereocenters. The lowest BCUT2D eigenvalue weighted by atomic mass is 10.3. The molecular weight excluding hydrogens is 226 g/mol. The second-order valence-electron chi connectivity index (χ2n) is 3.59. The minimum atomic E-state index is -1.34. The second kappa shape index (κ2) is 4.00. The third kappa shape index (κ3) is 1.79. The zero-order valence-corrected chi connectivity index (χ0v) is 9.39. The van der Waals surface area contributed by atoms with Gasteiger partial charge in [-0.3, -0.25) is 9.36 Å². The number of aliphatic carboxylic acids is 1. The fourth-order valence-electron chi connectivity index (χ4n) is 1.67. The smallest absolute Gasteiger partial charge is 0.267 e. The number of aromatic nitrogens is 3. The summed E-state index contributed by atoms with van der Waals surface area (Å²) in [5.74, 6) is -1.00. The summed E-state index contributed by atoms with van der Waals surface area (Å²) >= 11 is 0. The van der Waals surface area contributed by atoms with E-state index in [9.17, 15) is 14.7 Å². The maximum absolute atomic E-state index is 12.1. The average Bonchev–Trinajstić information content (AvgIpc) is 2.63. The van der Waals surface area contributed by atoms with E-state index in [-0.39, 0.29) is 11.1 Å². The number of carboxylic acid groups (broad SMARTS) is 1. The zero-order valence-electron chi connectivity index (χ0n) is 9.39. The summed E-state index contributed by atoms with van der Waals surface area (Å²) in [6.45, 7) is 2.85. The molecule has 2 aromatic heterocycles. The van der Waals surface area contributed by atoms with Crippen molar-refractivity contribution in [1.29, 1.82) is 0 Å². The highest BCUT2D eigenvalue weighted by Gasteiger charge is 2.15. The van der Waals surface area contributed by atoms with Crippen molar-refractivity contribution in [3.8, 4) is 0 Å². The zero-order chi connectivity index (χ0) is 12.6. The Morgan fingerprint density at radius 2 is 2.24 bits per heavy atom. The molecule has 0 aliphatic carbocycles. The number of hydrogen-bond donors (Lipinski definition) is 0. The van der Waals surface area contributed by atoms with Crippen molar-refractivity contribution in [2.24, 2.45) is 0 Å². The van der Waals surface area contributed by atoms with Gasteiger partial charge in [-0.1, -0.05) is 12.1 Å². The van der Waals surface area contributed by atoms with Crippen molar-refractivity contribution in [3.05, 3.63) is 21.9 Å². The van der Waals surface area contributed by atoms with Gasteiger partial charge < -0.3 is 14.4 Å². The highest BCUT2D eigenvalue weighted by molar-refractivity contribution is 5.75. The van der Waals surface area contributed by atoms with Crippen LogP contribution >= 0.6 is 0 Å². The fourth-order valence-corrected chi connectivity index (χ4v) is 1.67. The van der Waals surface area contributed by atoms with E-state index in [1.165, 1.54) is 0 Å². The largest absolute Gasteiger partial charge is 0.548 e. The van der Waals surface area contributed by atoms with Crippen molar-refractivity contribution in [2.45, 2.75) is 26.8 Å².